The lowest BCUT2D eigenvalue weighted by Gasteiger charge is -2.01. The highest BCUT2D eigenvalue weighted by molar-refractivity contribution is 6.45. The van der Waals surface area contributed by atoms with E-state index < -0.39 is 0 Å². The zero-order valence-corrected chi connectivity index (χ0v) is 8.66. The third-order valence-corrected chi connectivity index (χ3v) is 2.75. The number of nitrogens with zero attached hydrogens (tertiary/aromatic N) is 1. The van der Waals surface area contributed by atoms with Crippen molar-refractivity contribution in [2.45, 2.75) is 0 Å². The summed E-state index contributed by atoms with van der Waals surface area (Å²) in [7, 11) is 0. The van der Waals surface area contributed by atoms with E-state index in [0.717, 1.165) is 10.9 Å². The van der Waals surface area contributed by atoms with Gasteiger partial charge in [0.05, 0.1) is 15.6 Å². The molecule has 4 heteroatoms. The Balaban J connectivity index is 2.89. The van der Waals surface area contributed by atoms with Crippen LogP contribution in [0, 0.1) is 0 Å². The van der Waals surface area contributed by atoms with Crippen LogP contribution >= 0.6 is 34.8 Å². The maximum Gasteiger partial charge on any atom is 0.0782 e. The van der Waals surface area contributed by atoms with E-state index in [0.29, 0.717) is 15.1 Å². The van der Waals surface area contributed by atoms with Crippen molar-refractivity contribution in [1.29, 1.82) is 0 Å². The van der Waals surface area contributed by atoms with E-state index in [9.17, 15) is 0 Å². The zero-order chi connectivity index (χ0) is 9.42. The van der Waals surface area contributed by atoms with Crippen molar-refractivity contribution in [2.24, 2.45) is 0 Å². The minimum Gasteiger partial charge on any atom is -0.255 e. The predicted molar refractivity (Wildman–Crippen MR) is 56.8 cm³/mol. The van der Waals surface area contributed by atoms with Crippen LogP contribution in [-0.2, 0) is 0 Å². The van der Waals surface area contributed by atoms with Crippen LogP contribution in [0.1, 0.15) is 0 Å². The van der Waals surface area contributed by atoms with Crippen molar-refractivity contribution in [2.75, 3.05) is 0 Å². The SMILES string of the molecule is Clc1ccc2ncc(Cl)c(Cl)c2c1. The van der Waals surface area contributed by atoms with Gasteiger partial charge in [0.15, 0.2) is 0 Å². The summed E-state index contributed by atoms with van der Waals surface area (Å²) in [6.45, 7) is 0. The molecule has 1 nitrogen and oxygen atoms in total. The first-order chi connectivity index (χ1) is 6.18. The number of rotatable bonds is 0. The Morgan fingerprint density at radius 2 is 1.85 bits per heavy atom. The zero-order valence-electron chi connectivity index (χ0n) is 6.39. The van der Waals surface area contributed by atoms with Crippen LogP contribution in [0.4, 0.5) is 0 Å². The summed E-state index contributed by atoms with van der Waals surface area (Å²) in [6.07, 6.45) is 1.53. The molecule has 0 unspecified atom stereocenters. The average Bonchev–Trinajstić information content (AvgIpc) is 2.12. The van der Waals surface area contributed by atoms with Crippen molar-refractivity contribution in [3.05, 3.63) is 39.5 Å². The van der Waals surface area contributed by atoms with Gasteiger partial charge in [0.2, 0.25) is 0 Å². The Bertz CT molecular complexity index is 462. The lowest BCUT2D eigenvalue weighted by atomic mass is 10.2. The molecule has 0 radical (unpaired) electrons. The molecule has 0 spiro atoms. The van der Waals surface area contributed by atoms with Crippen molar-refractivity contribution in [1.82, 2.24) is 4.98 Å². The molecule has 0 saturated heterocycles. The number of fused-ring (bicyclic) bond motifs is 1. The first kappa shape index (κ1) is 9.07. The predicted octanol–water partition coefficient (Wildman–Crippen LogP) is 4.20. The first-order valence-electron chi connectivity index (χ1n) is 3.58. The van der Waals surface area contributed by atoms with Crippen molar-refractivity contribution in [3.8, 4) is 0 Å². The maximum absolute atomic E-state index is 5.97. The van der Waals surface area contributed by atoms with Crippen LogP contribution in [0.25, 0.3) is 10.9 Å². The first-order valence-corrected chi connectivity index (χ1v) is 4.71. The molecule has 66 valence electrons. The van der Waals surface area contributed by atoms with E-state index in [1.807, 2.05) is 0 Å². The van der Waals surface area contributed by atoms with E-state index in [2.05, 4.69) is 4.98 Å². The second-order valence-electron chi connectivity index (χ2n) is 2.58. The van der Waals surface area contributed by atoms with Gasteiger partial charge in [-0.25, -0.2) is 0 Å². The Labute approximate surface area is 90.2 Å². The van der Waals surface area contributed by atoms with Gasteiger partial charge in [0.25, 0.3) is 0 Å². The molecule has 0 N–H and O–H groups in total. The number of hydrogen-bond acceptors (Lipinski definition) is 1. The van der Waals surface area contributed by atoms with Crippen molar-refractivity contribution >= 4 is 45.7 Å². The fraction of sp³-hybridized carbons (Fsp3) is 0. The lowest BCUT2D eigenvalue weighted by Crippen LogP contribution is -1.80. The van der Waals surface area contributed by atoms with Gasteiger partial charge in [0, 0.05) is 16.6 Å². The van der Waals surface area contributed by atoms with E-state index in [-0.39, 0.29) is 0 Å². The van der Waals surface area contributed by atoms with Crippen LogP contribution in [0.15, 0.2) is 24.4 Å². The molecule has 0 fully saturated rings. The van der Waals surface area contributed by atoms with Crippen LogP contribution in [0.3, 0.4) is 0 Å². The third-order valence-electron chi connectivity index (χ3n) is 1.72. The molecule has 1 aromatic carbocycles. The molecule has 2 rings (SSSR count). The Kier molecular flexibility index (Phi) is 2.33. The summed E-state index contributed by atoms with van der Waals surface area (Å²) < 4.78 is 0. The highest BCUT2D eigenvalue weighted by atomic mass is 35.5. The highest BCUT2D eigenvalue weighted by Gasteiger charge is 2.04. The smallest absolute Gasteiger partial charge is 0.0782 e. The van der Waals surface area contributed by atoms with Gasteiger partial charge in [-0.05, 0) is 18.2 Å². The maximum atomic E-state index is 5.97. The molecule has 0 aliphatic rings. The summed E-state index contributed by atoms with van der Waals surface area (Å²) >= 11 is 17.6. The molecule has 13 heavy (non-hydrogen) atoms. The number of aromatic nitrogens is 1. The lowest BCUT2D eigenvalue weighted by molar-refractivity contribution is 1.41. The van der Waals surface area contributed by atoms with Crippen molar-refractivity contribution in [3.63, 3.8) is 0 Å². The second-order valence-corrected chi connectivity index (χ2v) is 3.80. The van der Waals surface area contributed by atoms with Gasteiger partial charge >= 0.3 is 0 Å². The quantitative estimate of drug-likeness (QED) is 0.663. The second kappa shape index (κ2) is 3.33. The monoisotopic (exact) mass is 231 g/mol. The van der Waals surface area contributed by atoms with Gasteiger partial charge in [-0.1, -0.05) is 34.8 Å². The molecule has 1 heterocycles. The van der Waals surface area contributed by atoms with E-state index in [4.69, 9.17) is 34.8 Å². The molecule has 0 aliphatic carbocycles. The standard InChI is InChI=1S/C9H4Cl3N/c10-5-1-2-8-6(3-5)9(12)7(11)4-13-8/h1-4H. The van der Waals surface area contributed by atoms with Crippen LogP contribution < -0.4 is 0 Å². The Morgan fingerprint density at radius 3 is 2.62 bits per heavy atom. The molecule has 0 saturated carbocycles. The summed E-state index contributed by atoms with van der Waals surface area (Å²) in [4.78, 5) is 4.11. The van der Waals surface area contributed by atoms with Crippen LogP contribution in [0.2, 0.25) is 15.1 Å². The fourth-order valence-corrected chi connectivity index (χ4v) is 1.63. The molecular weight excluding hydrogens is 228 g/mol. The topological polar surface area (TPSA) is 12.9 Å². The van der Waals surface area contributed by atoms with Gasteiger partial charge in [-0.15, -0.1) is 0 Å². The Morgan fingerprint density at radius 1 is 1.08 bits per heavy atom. The molecule has 1 aromatic heterocycles. The molecule has 0 atom stereocenters. The number of halogens is 3. The molecule has 0 bridgehead atoms. The summed E-state index contributed by atoms with van der Waals surface area (Å²) in [6, 6.07) is 5.32. The summed E-state index contributed by atoms with van der Waals surface area (Å²) in [5.41, 5.74) is 0.791. The molecule has 0 amide bonds. The fourth-order valence-electron chi connectivity index (χ4n) is 1.11. The van der Waals surface area contributed by atoms with E-state index in [1.165, 1.54) is 6.20 Å². The third kappa shape index (κ3) is 1.60. The normalized spacial score (nSPS) is 10.7. The minimum absolute atomic E-state index is 0.441. The van der Waals surface area contributed by atoms with E-state index >= 15 is 0 Å². The molecule has 0 aliphatic heterocycles. The van der Waals surface area contributed by atoms with Crippen LogP contribution in [0.5, 0.6) is 0 Å². The number of benzene rings is 1. The molecular formula is C9H4Cl3N. The highest BCUT2D eigenvalue weighted by Crippen LogP contribution is 2.30. The van der Waals surface area contributed by atoms with Crippen LogP contribution in [-0.4, -0.2) is 4.98 Å². The minimum atomic E-state index is 0.441. The van der Waals surface area contributed by atoms with Gasteiger partial charge in [-0.3, -0.25) is 4.98 Å². The average molecular weight is 232 g/mol. The summed E-state index contributed by atoms with van der Waals surface area (Å²) in [5.74, 6) is 0. The largest absolute Gasteiger partial charge is 0.255 e. The molecule has 2 aromatic rings. The van der Waals surface area contributed by atoms with Crippen molar-refractivity contribution < 1.29 is 0 Å². The Hall–Kier alpha value is -0.500. The van der Waals surface area contributed by atoms with Gasteiger partial charge in [-0.2, -0.15) is 0 Å². The van der Waals surface area contributed by atoms with E-state index in [1.54, 1.807) is 18.2 Å². The van der Waals surface area contributed by atoms with Gasteiger partial charge < -0.3 is 0 Å². The number of pyridine rings is 1. The van der Waals surface area contributed by atoms with Gasteiger partial charge in [0.1, 0.15) is 0 Å². The number of hydrogen-bond donors (Lipinski definition) is 0. The summed E-state index contributed by atoms with van der Waals surface area (Å²) in [5, 5.41) is 2.34.